The van der Waals surface area contributed by atoms with E-state index in [1.807, 2.05) is 144 Å². The van der Waals surface area contributed by atoms with E-state index in [9.17, 15) is 9.59 Å². The summed E-state index contributed by atoms with van der Waals surface area (Å²) in [5, 5.41) is 3.07. The van der Waals surface area contributed by atoms with Crippen molar-refractivity contribution in [3.63, 3.8) is 0 Å². The Morgan fingerprint density at radius 3 is 2.00 bits per heavy atom. The molecule has 1 amide bonds. The van der Waals surface area contributed by atoms with Crippen LogP contribution in [0.15, 0.2) is 146 Å². The molecule has 0 radical (unpaired) electrons. The lowest BCUT2D eigenvalue weighted by Crippen LogP contribution is -2.51. The van der Waals surface area contributed by atoms with E-state index in [2.05, 4.69) is 5.32 Å². The highest BCUT2D eigenvalue weighted by atomic mass is 16.5. The van der Waals surface area contributed by atoms with Crippen LogP contribution in [0.2, 0.25) is 0 Å². The SMILES string of the molecule is O=C(c1ccccc1)C1C(C(=O)OC(c2ccccc2)c2ccccc2)C2(C(=O)Nc3ccccc32)C2C=Cc3ccccc3N12. The molecular formula is C40H30N2O4. The van der Waals surface area contributed by atoms with Gasteiger partial charge >= 0.3 is 5.97 Å². The number of Topliss-reactive ketones (excluding diaryl/α,β-unsaturated/α-hetero) is 1. The van der Waals surface area contributed by atoms with E-state index in [0.717, 1.165) is 22.4 Å². The van der Waals surface area contributed by atoms with Crippen molar-refractivity contribution in [3.8, 4) is 0 Å². The molecule has 6 nitrogen and oxygen atoms in total. The van der Waals surface area contributed by atoms with Gasteiger partial charge in [-0.15, -0.1) is 0 Å². The van der Waals surface area contributed by atoms with Gasteiger partial charge in [-0.3, -0.25) is 14.4 Å². The number of hydrogen-bond donors (Lipinski definition) is 1. The number of nitrogens with zero attached hydrogens (tertiary/aromatic N) is 1. The number of rotatable bonds is 6. The zero-order valence-electron chi connectivity index (χ0n) is 24.8. The molecule has 0 aromatic heterocycles. The summed E-state index contributed by atoms with van der Waals surface area (Å²) in [6, 6.07) is 41.7. The van der Waals surface area contributed by atoms with Crippen molar-refractivity contribution < 1.29 is 19.1 Å². The summed E-state index contributed by atoms with van der Waals surface area (Å²) < 4.78 is 6.55. The molecule has 4 atom stereocenters. The molecule has 5 aromatic rings. The fourth-order valence-corrected chi connectivity index (χ4v) is 7.63. The van der Waals surface area contributed by atoms with E-state index in [-0.39, 0.29) is 11.7 Å². The van der Waals surface area contributed by atoms with E-state index in [1.54, 1.807) is 12.1 Å². The molecule has 224 valence electrons. The van der Waals surface area contributed by atoms with Gasteiger partial charge in [0.1, 0.15) is 17.4 Å². The van der Waals surface area contributed by atoms with Crippen LogP contribution in [0.5, 0.6) is 0 Å². The largest absolute Gasteiger partial charge is 0.452 e. The van der Waals surface area contributed by atoms with Crippen molar-refractivity contribution in [2.75, 3.05) is 10.2 Å². The number of nitrogens with one attached hydrogen (secondary N) is 1. The second kappa shape index (κ2) is 11.0. The predicted octanol–water partition coefficient (Wildman–Crippen LogP) is 6.99. The number of carbonyl (C=O) groups excluding carboxylic acids is 3. The Hall–Kier alpha value is -5.75. The lowest BCUT2D eigenvalue weighted by molar-refractivity contribution is -0.156. The van der Waals surface area contributed by atoms with Gasteiger partial charge in [0.15, 0.2) is 11.9 Å². The highest BCUT2D eigenvalue weighted by Crippen LogP contribution is 2.58. The van der Waals surface area contributed by atoms with E-state index in [1.165, 1.54) is 0 Å². The second-order valence-electron chi connectivity index (χ2n) is 11.9. The lowest BCUT2D eigenvalue weighted by Gasteiger charge is -2.37. The van der Waals surface area contributed by atoms with Crippen molar-refractivity contribution in [3.05, 3.63) is 173 Å². The third kappa shape index (κ3) is 4.14. The minimum absolute atomic E-state index is 0.248. The number of fused-ring (bicyclic) bond motifs is 6. The molecule has 1 spiro atoms. The first kappa shape index (κ1) is 27.8. The Bertz CT molecular complexity index is 1950. The van der Waals surface area contributed by atoms with Crippen LogP contribution in [0.4, 0.5) is 11.4 Å². The molecule has 0 aliphatic carbocycles. The molecule has 8 rings (SSSR count). The summed E-state index contributed by atoms with van der Waals surface area (Å²) in [6.07, 6.45) is 3.20. The first-order valence-electron chi connectivity index (χ1n) is 15.4. The van der Waals surface area contributed by atoms with Gasteiger partial charge in [-0.05, 0) is 34.4 Å². The van der Waals surface area contributed by atoms with Crippen LogP contribution in [0.25, 0.3) is 6.08 Å². The number of ketones is 1. The molecule has 1 N–H and O–H groups in total. The maximum absolute atomic E-state index is 15.1. The normalized spacial score (nSPS) is 22.2. The maximum atomic E-state index is 15.1. The van der Waals surface area contributed by atoms with Crippen LogP contribution in [0.3, 0.4) is 0 Å². The summed E-state index contributed by atoms with van der Waals surface area (Å²) in [5.74, 6) is -2.37. The van der Waals surface area contributed by atoms with Crippen molar-refractivity contribution in [1.82, 2.24) is 0 Å². The van der Waals surface area contributed by atoms with Crippen molar-refractivity contribution >= 4 is 35.1 Å². The number of hydrogen-bond acceptors (Lipinski definition) is 5. The van der Waals surface area contributed by atoms with Gasteiger partial charge in [0, 0.05) is 16.9 Å². The van der Waals surface area contributed by atoms with Gasteiger partial charge in [-0.25, -0.2) is 0 Å². The number of benzene rings is 5. The first-order valence-corrected chi connectivity index (χ1v) is 15.4. The number of carbonyl (C=O) groups is 3. The average molecular weight is 603 g/mol. The van der Waals surface area contributed by atoms with Gasteiger partial charge in [0.25, 0.3) is 0 Å². The van der Waals surface area contributed by atoms with Crippen LogP contribution in [-0.2, 0) is 19.7 Å². The molecule has 4 unspecified atom stereocenters. The van der Waals surface area contributed by atoms with Crippen LogP contribution < -0.4 is 10.2 Å². The zero-order valence-corrected chi connectivity index (χ0v) is 24.8. The molecule has 0 saturated carbocycles. The van der Waals surface area contributed by atoms with Crippen LogP contribution in [0, 0.1) is 5.92 Å². The number of esters is 1. The van der Waals surface area contributed by atoms with Gasteiger partial charge in [-0.2, -0.15) is 0 Å². The van der Waals surface area contributed by atoms with E-state index < -0.39 is 35.5 Å². The van der Waals surface area contributed by atoms with Gasteiger partial charge < -0.3 is 15.0 Å². The first-order chi connectivity index (χ1) is 22.6. The summed E-state index contributed by atoms with van der Waals surface area (Å²) in [7, 11) is 0. The summed E-state index contributed by atoms with van der Waals surface area (Å²) in [4.78, 5) is 46.5. The van der Waals surface area contributed by atoms with Crippen LogP contribution in [0.1, 0.15) is 38.7 Å². The van der Waals surface area contributed by atoms with Crippen molar-refractivity contribution in [2.24, 2.45) is 5.92 Å². The quantitative estimate of drug-likeness (QED) is 0.168. The number of anilines is 2. The second-order valence-corrected chi connectivity index (χ2v) is 11.9. The van der Waals surface area contributed by atoms with Crippen molar-refractivity contribution in [2.45, 2.75) is 23.6 Å². The average Bonchev–Trinajstić information content (AvgIpc) is 3.60. The number of ether oxygens (including phenoxy) is 1. The molecule has 1 fully saturated rings. The monoisotopic (exact) mass is 602 g/mol. The van der Waals surface area contributed by atoms with Gasteiger partial charge in [0.05, 0.1) is 6.04 Å². The molecular weight excluding hydrogens is 572 g/mol. The summed E-state index contributed by atoms with van der Waals surface area (Å²) >= 11 is 0. The lowest BCUT2D eigenvalue weighted by atomic mass is 9.66. The number of para-hydroxylation sites is 2. The Morgan fingerprint density at radius 1 is 0.717 bits per heavy atom. The standard InChI is InChI=1S/C40H30N2O4/c43-36(27-15-4-1-5-16-27)35-34(38(44)46-37(28-17-6-2-7-18-28)29-19-8-3-9-20-29)40(30-21-11-12-22-31(30)41-39(40)45)33-25-24-26-14-10-13-23-32(26)42(33)35/h1-25,33-35,37H,(H,41,45). The molecule has 3 aliphatic heterocycles. The van der Waals surface area contributed by atoms with Gasteiger partial charge in [0.2, 0.25) is 5.91 Å². The van der Waals surface area contributed by atoms with E-state index in [4.69, 9.17) is 4.74 Å². The zero-order chi connectivity index (χ0) is 31.3. The molecule has 6 heteroatoms. The Balaban J connectivity index is 1.36. The number of amides is 1. The van der Waals surface area contributed by atoms with Gasteiger partial charge in [-0.1, -0.05) is 140 Å². The summed E-state index contributed by atoms with van der Waals surface area (Å²) in [5.41, 5.74) is 3.62. The smallest absolute Gasteiger partial charge is 0.314 e. The minimum atomic E-state index is -1.44. The Morgan fingerprint density at radius 2 is 1.30 bits per heavy atom. The molecule has 46 heavy (non-hydrogen) atoms. The minimum Gasteiger partial charge on any atom is -0.452 e. The molecule has 3 heterocycles. The Kier molecular flexibility index (Phi) is 6.64. The predicted molar refractivity (Wildman–Crippen MR) is 177 cm³/mol. The molecule has 5 aromatic carbocycles. The third-order valence-electron chi connectivity index (χ3n) is 9.56. The fraction of sp³-hybridized carbons (Fsp3) is 0.125. The third-order valence-corrected chi connectivity index (χ3v) is 9.56. The fourth-order valence-electron chi connectivity index (χ4n) is 7.63. The van der Waals surface area contributed by atoms with Crippen molar-refractivity contribution in [1.29, 1.82) is 0 Å². The topological polar surface area (TPSA) is 75.7 Å². The molecule has 0 bridgehead atoms. The van der Waals surface area contributed by atoms with E-state index >= 15 is 4.79 Å². The van der Waals surface area contributed by atoms with E-state index in [0.29, 0.717) is 16.8 Å². The van der Waals surface area contributed by atoms with Crippen LogP contribution >= 0.6 is 0 Å². The molecule has 1 saturated heterocycles. The van der Waals surface area contributed by atoms with Crippen LogP contribution in [-0.4, -0.2) is 29.7 Å². The highest BCUT2D eigenvalue weighted by Gasteiger charge is 2.71. The molecule has 3 aliphatic rings. The summed E-state index contributed by atoms with van der Waals surface area (Å²) in [6.45, 7) is 0. The highest BCUT2D eigenvalue weighted by molar-refractivity contribution is 6.15. The maximum Gasteiger partial charge on any atom is 0.314 e. The Labute approximate surface area is 267 Å².